The summed E-state index contributed by atoms with van der Waals surface area (Å²) in [5.41, 5.74) is 4.15. The molecule has 0 amide bonds. The summed E-state index contributed by atoms with van der Waals surface area (Å²) in [5.74, 6) is 0.992. The average molecular weight is 414 g/mol. The van der Waals surface area contributed by atoms with Crippen molar-refractivity contribution in [3.8, 4) is 0 Å². The maximum absolute atomic E-state index is 2.71. The van der Waals surface area contributed by atoms with Crippen molar-refractivity contribution in [1.29, 1.82) is 0 Å². The normalized spacial score (nSPS) is 18.4. The fraction of sp³-hybridized carbons (Fsp3) is 0.357. The van der Waals surface area contributed by atoms with Gasteiger partial charge in [-0.25, -0.2) is 0 Å². The van der Waals surface area contributed by atoms with Gasteiger partial charge in [-0.2, -0.15) is 0 Å². The molecule has 1 aliphatic carbocycles. The first-order valence-corrected chi connectivity index (χ1v) is 12.3. The van der Waals surface area contributed by atoms with Gasteiger partial charge in [0.15, 0.2) is 0 Å². The molecule has 0 radical (unpaired) electrons. The molecule has 2 fully saturated rings. The number of likely N-dealkylation sites (tertiary alicyclic amines) is 1. The fourth-order valence-corrected chi connectivity index (χ4v) is 6.61. The Bertz CT molecular complexity index is 816. The molecule has 0 unspecified atom stereocenters. The Morgan fingerprint density at radius 1 is 0.633 bits per heavy atom. The van der Waals surface area contributed by atoms with E-state index in [0.717, 1.165) is 5.92 Å². The summed E-state index contributed by atoms with van der Waals surface area (Å²) in [6.07, 6.45) is 5.47. The van der Waals surface area contributed by atoms with Crippen LogP contribution in [-0.4, -0.2) is 29.8 Å². The molecule has 0 atom stereocenters. The Kier molecular flexibility index (Phi) is 5.97. The van der Waals surface area contributed by atoms with Crippen molar-refractivity contribution < 1.29 is 0 Å². The van der Waals surface area contributed by atoms with Crippen LogP contribution in [0, 0.1) is 5.92 Å². The molecule has 0 bridgehead atoms. The maximum Gasteiger partial charge on any atom is 0.0909 e. The van der Waals surface area contributed by atoms with Crippen LogP contribution < -0.4 is 0 Å². The van der Waals surface area contributed by atoms with Gasteiger partial charge in [0.2, 0.25) is 0 Å². The molecule has 1 saturated carbocycles. The average Bonchev–Trinajstić information content (AvgIpc) is 3.64. The van der Waals surface area contributed by atoms with E-state index in [1.54, 1.807) is 0 Å². The number of hydrogen-bond donors (Lipinski definition) is 0. The largest absolute Gasteiger partial charge is 0.303 e. The second kappa shape index (κ2) is 8.99. The third-order valence-corrected chi connectivity index (χ3v) is 8.50. The zero-order chi connectivity index (χ0) is 20.2. The molecule has 0 N–H and O–H groups in total. The van der Waals surface area contributed by atoms with E-state index in [2.05, 4.69) is 108 Å². The second-order valence-electron chi connectivity index (χ2n) is 8.84. The van der Waals surface area contributed by atoms with E-state index >= 15 is 0 Å². The summed E-state index contributed by atoms with van der Waals surface area (Å²) < 4.78 is -0.174. The van der Waals surface area contributed by atoms with Crippen LogP contribution >= 0.6 is 11.8 Å². The zero-order valence-electron chi connectivity index (χ0n) is 17.6. The molecular weight excluding hydrogens is 382 g/mol. The number of thioether (sulfide) groups is 1. The zero-order valence-corrected chi connectivity index (χ0v) is 18.4. The number of nitrogens with zero attached hydrogens (tertiary/aromatic N) is 1. The van der Waals surface area contributed by atoms with Gasteiger partial charge in [-0.15, -0.1) is 11.8 Å². The quantitative estimate of drug-likeness (QED) is 0.402. The van der Waals surface area contributed by atoms with Gasteiger partial charge in [0.05, 0.1) is 4.75 Å². The highest BCUT2D eigenvalue weighted by atomic mass is 32.2. The molecular formula is C28H31NS. The molecule has 2 aliphatic rings. The summed E-state index contributed by atoms with van der Waals surface area (Å²) in [4.78, 5) is 2.71. The third kappa shape index (κ3) is 4.22. The van der Waals surface area contributed by atoms with Crippen molar-refractivity contribution in [1.82, 2.24) is 4.90 Å². The van der Waals surface area contributed by atoms with E-state index in [4.69, 9.17) is 0 Å². The lowest BCUT2D eigenvalue weighted by Gasteiger charge is -2.41. The Morgan fingerprint density at radius 3 is 1.47 bits per heavy atom. The van der Waals surface area contributed by atoms with Crippen molar-refractivity contribution in [3.05, 3.63) is 108 Å². The molecule has 3 aromatic carbocycles. The van der Waals surface area contributed by atoms with E-state index < -0.39 is 0 Å². The van der Waals surface area contributed by atoms with Crippen molar-refractivity contribution in [2.24, 2.45) is 5.92 Å². The standard InChI is InChI=1S/C28H31NS/c1-4-10-24(11-5-1)28(25-12-6-2-7-13-25,26-14-8-3-9-15-26)30-27-18-20-29(21-19-27)22-23-16-17-23/h1-15,23,27H,16-22H2. The highest BCUT2D eigenvalue weighted by molar-refractivity contribution is 8.01. The van der Waals surface area contributed by atoms with Gasteiger partial charge >= 0.3 is 0 Å². The van der Waals surface area contributed by atoms with Crippen LogP contribution in [0.5, 0.6) is 0 Å². The summed E-state index contributed by atoms with van der Waals surface area (Å²) in [6.45, 7) is 3.84. The predicted molar refractivity (Wildman–Crippen MR) is 129 cm³/mol. The Morgan fingerprint density at radius 2 is 1.07 bits per heavy atom. The molecule has 0 aromatic heterocycles. The van der Waals surface area contributed by atoms with Crippen LogP contribution in [0.15, 0.2) is 91.0 Å². The number of benzene rings is 3. The van der Waals surface area contributed by atoms with Crippen molar-refractivity contribution in [3.63, 3.8) is 0 Å². The molecule has 3 aromatic rings. The molecule has 0 spiro atoms. The second-order valence-corrected chi connectivity index (χ2v) is 10.4. The predicted octanol–water partition coefficient (Wildman–Crippen LogP) is 6.59. The molecule has 1 heterocycles. The lowest BCUT2D eigenvalue weighted by atomic mass is 9.84. The third-order valence-electron chi connectivity index (χ3n) is 6.63. The molecule has 5 rings (SSSR count). The minimum Gasteiger partial charge on any atom is -0.303 e. The highest BCUT2D eigenvalue weighted by Crippen LogP contribution is 2.51. The van der Waals surface area contributed by atoms with Gasteiger partial charge in [-0.1, -0.05) is 91.0 Å². The number of rotatable bonds is 7. The Hall–Kier alpha value is -2.03. The Labute approximate surface area is 185 Å². The van der Waals surface area contributed by atoms with Crippen LogP contribution in [0.1, 0.15) is 42.4 Å². The highest BCUT2D eigenvalue weighted by Gasteiger charge is 2.40. The molecule has 1 saturated heterocycles. The smallest absolute Gasteiger partial charge is 0.0909 e. The monoisotopic (exact) mass is 413 g/mol. The first kappa shape index (κ1) is 19.9. The summed E-state index contributed by atoms with van der Waals surface area (Å²) >= 11 is 2.18. The van der Waals surface area contributed by atoms with Gasteiger partial charge < -0.3 is 4.90 Å². The van der Waals surface area contributed by atoms with Crippen LogP contribution in [0.25, 0.3) is 0 Å². The molecule has 1 aliphatic heterocycles. The van der Waals surface area contributed by atoms with E-state index in [9.17, 15) is 0 Å². The van der Waals surface area contributed by atoms with Gasteiger partial charge in [-0.3, -0.25) is 0 Å². The Balaban J connectivity index is 1.51. The first-order valence-electron chi connectivity index (χ1n) is 11.4. The van der Waals surface area contributed by atoms with Crippen molar-refractivity contribution in [2.45, 2.75) is 35.7 Å². The topological polar surface area (TPSA) is 3.24 Å². The van der Waals surface area contributed by atoms with Crippen LogP contribution in [-0.2, 0) is 4.75 Å². The summed E-state index contributed by atoms with van der Waals surface area (Å²) in [5, 5.41) is 0.668. The van der Waals surface area contributed by atoms with Crippen LogP contribution in [0.3, 0.4) is 0 Å². The van der Waals surface area contributed by atoms with Crippen LogP contribution in [0.4, 0.5) is 0 Å². The van der Waals surface area contributed by atoms with Gasteiger partial charge in [0, 0.05) is 11.8 Å². The first-order chi connectivity index (χ1) is 14.8. The molecule has 1 nitrogen and oxygen atoms in total. The number of hydrogen-bond acceptors (Lipinski definition) is 2. The van der Waals surface area contributed by atoms with E-state index in [0.29, 0.717) is 5.25 Å². The van der Waals surface area contributed by atoms with Crippen LogP contribution in [0.2, 0.25) is 0 Å². The molecule has 2 heteroatoms. The van der Waals surface area contributed by atoms with E-state index in [-0.39, 0.29) is 4.75 Å². The van der Waals surface area contributed by atoms with E-state index in [1.807, 2.05) is 0 Å². The summed E-state index contributed by atoms with van der Waals surface area (Å²) in [6, 6.07) is 33.4. The van der Waals surface area contributed by atoms with Gasteiger partial charge in [-0.05, 0) is 61.4 Å². The van der Waals surface area contributed by atoms with Gasteiger partial charge in [0.25, 0.3) is 0 Å². The minimum absolute atomic E-state index is 0.174. The number of piperidine rings is 1. The lowest BCUT2D eigenvalue weighted by Crippen LogP contribution is -2.38. The van der Waals surface area contributed by atoms with Crippen molar-refractivity contribution in [2.75, 3.05) is 19.6 Å². The van der Waals surface area contributed by atoms with Crippen molar-refractivity contribution >= 4 is 11.8 Å². The van der Waals surface area contributed by atoms with Gasteiger partial charge in [0.1, 0.15) is 0 Å². The lowest BCUT2D eigenvalue weighted by molar-refractivity contribution is 0.224. The fourth-order valence-electron chi connectivity index (χ4n) is 4.85. The molecule has 30 heavy (non-hydrogen) atoms. The SMILES string of the molecule is c1ccc(C(SC2CCN(CC3CC3)CC2)(c2ccccc2)c2ccccc2)cc1. The molecule has 154 valence electrons. The minimum atomic E-state index is -0.174. The van der Waals surface area contributed by atoms with E-state index in [1.165, 1.54) is 62.0 Å². The maximum atomic E-state index is 2.71. The summed E-state index contributed by atoms with van der Waals surface area (Å²) in [7, 11) is 0.